The standard InChI is InChI=1S/C21H19F2N5O2S/c1-13(29)28-21(31-20(26-28)16-11-15(22)8-9-18(16)23)14(5-4-10-25-27-24)12-30-19-7-3-2-6-17(19)21/h2-3,6-9,11,14H,4-5,10,12H2,1H3/t14-,21+/m1/s1. The lowest BCUT2D eigenvalue weighted by Gasteiger charge is -2.45. The van der Waals surface area contributed by atoms with E-state index in [4.69, 9.17) is 10.3 Å². The fraction of sp³-hybridized carbons (Fsp3) is 0.333. The largest absolute Gasteiger partial charge is 0.493 e. The number of azide groups is 1. The highest BCUT2D eigenvalue weighted by molar-refractivity contribution is 8.15. The zero-order valence-corrected chi connectivity index (χ0v) is 17.5. The molecule has 2 aliphatic heterocycles. The number of hydrazone groups is 1. The van der Waals surface area contributed by atoms with Crippen LogP contribution in [0.4, 0.5) is 8.78 Å². The van der Waals surface area contributed by atoms with Crippen molar-refractivity contribution in [2.24, 2.45) is 16.1 Å². The molecule has 7 nitrogen and oxygen atoms in total. The molecule has 2 aromatic carbocycles. The van der Waals surface area contributed by atoms with E-state index < -0.39 is 16.5 Å². The summed E-state index contributed by atoms with van der Waals surface area (Å²) in [5.41, 5.74) is 9.30. The number of rotatable bonds is 5. The third-order valence-corrected chi connectivity index (χ3v) is 6.89. The Morgan fingerprint density at radius 1 is 1.39 bits per heavy atom. The normalized spacial score (nSPS) is 21.8. The molecule has 160 valence electrons. The first-order valence-corrected chi connectivity index (χ1v) is 10.6. The maximum absolute atomic E-state index is 14.6. The van der Waals surface area contributed by atoms with Gasteiger partial charge in [-0.3, -0.25) is 4.79 Å². The van der Waals surface area contributed by atoms with Crippen LogP contribution < -0.4 is 4.74 Å². The lowest BCUT2D eigenvalue weighted by molar-refractivity contribution is -0.134. The zero-order chi connectivity index (χ0) is 22.0. The van der Waals surface area contributed by atoms with Crippen LogP contribution >= 0.6 is 11.8 Å². The zero-order valence-electron chi connectivity index (χ0n) is 16.7. The average molecular weight is 443 g/mol. The van der Waals surface area contributed by atoms with E-state index >= 15 is 0 Å². The minimum atomic E-state index is -0.981. The minimum Gasteiger partial charge on any atom is -0.493 e. The summed E-state index contributed by atoms with van der Waals surface area (Å²) in [5, 5.41) is 9.62. The lowest BCUT2D eigenvalue weighted by atomic mass is 9.86. The van der Waals surface area contributed by atoms with Crippen molar-refractivity contribution in [1.82, 2.24) is 5.01 Å². The molecular weight excluding hydrogens is 424 g/mol. The maximum Gasteiger partial charge on any atom is 0.241 e. The fourth-order valence-electron chi connectivity index (χ4n) is 4.02. The van der Waals surface area contributed by atoms with Gasteiger partial charge in [0, 0.05) is 35.4 Å². The van der Waals surface area contributed by atoms with Crippen LogP contribution in [0, 0.1) is 17.6 Å². The van der Waals surface area contributed by atoms with E-state index in [0.717, 1.165) is 23.8 Å². The fourth-order valence-corrected chi connectivity index (χ4v) is 5.59. The number of thioether (sulfide) groups is 1. The van der Waals surface area contributed by atoms with Gasteiger partial charge in [-0.25, -0.2) is 13.8 Å². The van der Waals surface area contributed by atoms with E-state index in [2.05, 4.69) is 15.1 Å². The quantitative estimate of drug-likeness (QED) is 0.276. The summed E-state index contributed by atoms with van der Waals surface area (Å²) < 4.78 is 34.4. The molecule has 0 saturated carbocycles. The van der Waals surface area contributed by atoms with Gasteiger partial charge >= 0.3 is 0 Å². The minimum absolute atomic E-state index is 0.00456. The number of hydrogen-bond donors (Lipinski definition) is 0. The van der Waals surface area contributed by atoms with Crippen molar-refractivity contribution < 1.29 is 18.3 Å². The molecule has 0 bridgehead atoms. The molecule has 0 radical (unpaired) electrons. The number of para-hydroxylation sites is 1. The lowest BCUT2D eigenvalue weighted by Crippen LogP contribution is -2.50. The monoisotopic (exact) mass is 443 g/mol. The molecule has 0 aromatic heterocycles. The van der Waals surface area contributed by atoms with E-state index in [1.54, 1.807) is 0 Å². The summed E-state index contributed by atoms with van der Waals surface area (Å²) in [7, 11) is 0. The van der Waals surface area contributed by atoms with Gasteiger partial charge in [-0.1, -0.05) is 35.1 Å². The molecule has 2 heterocycles. The molecular formula is C21H19F2N5O2S. The maximum atomic E-state index is 14.6. The molecule has 0 aliphatic carbocycles. The van der Waals surface area contributed by atoms with Gasteiger partial charge in [0.1, 0.15) is 22.4 Å². The summed E-state index contributed by atoms with van der Waals surface area (Å²) in [4.78, 5) is 14.5. The van der Waals surface area contributed by atoms with E-state index in [0.29, 0.717) is 31.7 Å². The van der Waals surface area contributed by atoms with E-state index in [9.17, 15) is 13.6 Å². The Balaban J connectivity index is 1.82. The van der Waals surface area contributed by atoms with Crippen LogP contribution in [0.2, 0.25) is 0 Å². The van der Waals surface area contributed by atoms with Crippen LogP contribution in [0.25, 0.3) is 10.4 Å². The SMILES string of the molecule is CC(=O)N1N=C(c2cc(F)ccc2F)S[C@@]12c1ccccc1OC[C@H]2CCCN=[N+]=[N-]. The molecule has 4 rings (SSSR count). The molecule has 10 heteroatoms. The second-order valence-corrected chi connectivity index (χ2v) is 8.47. The molecule has 2 aliphatic rings. The Labute approximate surface area is 181 Å². The van der Waals surface area contributed by atoms with Crippen LogP contribution in [-0.2, 0) is 9.67 Å². The molecule has 0 N–H and O–H groups in total. The number of carbonyl (C=O) groups is 1. The summed E-state index contributed by atoms with van der Waals surface area (Å²) in [6.45, 7) is 2.01. The first kappa shape index (κ1) is 21.1. The molecule has 2 aromatic rings. The Kier molecular flexibility index (Phi) is 5.84. The third kappa shape index (κ3) is 3.73. The number of nitrogens with zero attached hydrogens (tertiary/aromatic N) is 5. The summed E-state index contributed by atoms with van der Waals surface area (Å²) in [6.07, 6.45) is 1.16. The van der Waals surface area contributed by atoms with Crippen LogP contribution in [-0.4, -0.2) is 29.1 Å². The predicted molar refractivity (Wildman–Crippen MR) is 113 cm³/mol. The van der Waals surface area contributed by atoms with Crippen LogP contribution in [0.3, 0.4) is 0 Å². The molecule has 31 heavy (non-hydrogen) atoms. The highest BCUT2D eigenvalue weighted by Crippen LogP contribution is 2.57. The van der Waals surface area contributed by atoms with Gasteiger partial charge in [-0.15, -0.1) is 0 Å². The smallest absolute Gasteiger partial charge is 0.241 e. The Bertz CT molecular complexity index is 1100. The molecule has 2 atom stereocenters. The Morgan fingerprint density at radius 3 is 2.97 bits per heavy atom. The van der Waals surface area contributed by atoms with Gasteiger partial charge < -0.3 is 4.74 Å². The molecule has 0 fully saturated rings. The van der Waals surface area contributed by atoms with Crippen molar-refractivity contribution in [3.8, 4) is 5.75 Å². The summed E-state index contributed by atoms with van der Waals surface area (Å²) in [5.74, 6) is -1.13. The van der Waals surface area contributed by atoms with Gasteiger partial charge in [-0.2, -0.15) is 5.10 Å². The second-order valence-electron chi connectivity index (χ2n) is 7.26. The second kappa shape index (κ2) is 8.56. The number of benzene rings is 2. The Hall–Kier alpha value is -3.10. The molecule has 1 spiro atoms. The topological polar surface area (TPSA) is 90.7 Å². The predicted octanol–water partition coefficient (Wildman–Crippen LogP) is 5.17. The van der Waals surface area contributed by atoms with Crippen LogP contribution in [0.1, 0.15) is 30.9 Å². The number of amides is 1. The van der Waals surface area contributed by atoms with Gasteiger partial charge in [0.05, 0.1) is 6.61 Å². The van der Waals surface area contributed by atoms with Crippen molar-refractivity contribution in [2.75, 3.05) is 13.2 Å². The van der Waals surface area contributed by atoms with Gasteiger partial charge in [0.25, 0.3) is 0 Å². The number of fused-ring (bicyclic) bond motifs is 2. The van der Waals surface area contributed by atoms with Gasteiger partial charge in [0.15, 0.2) is 4.87 Å². The number of carbonyl (C=O) groups excluding carboxylic acids is 1. The van der Waals surface area contributed by atoms with Crippen molar-refractivity contribution in [3.63, 3.8) is 0 Å². The number of ether oxygens (including phenoxy) is 1. The van der Waals surface area contributed by atoms with Crippen LogP contribution in [0.5, 0.6) is 5.75 Å². The van der Waals surface area contributed by atoms with Crippen LogP contribution in [0.15, 0.2) is 52.7 Å². The summed E-state index contributed by atoms with van der Waals surface area (Å²) in [6, 6.07) is 10.5. The van der Waals surface area contributed by atoms with Crippen molar-refractivity contribution in [3.05, 3.63) is 75.7 Å². The average Bonchev–Trinajstić information content (AvgIpc) is 3.16. The highest BCUT2D eigenvalue weighted by Gasteiger charge is 2.56. The first-order chi connectivity index (χ1) is 15.0. The van der Waals surface area contributed by atoms with Gasteiger partial charge in [0.2, 0.25) is 5.91 Å². The Morgan fingerprint density at radius 2 is 2.19 bits per heavy atom. The van der Waals surface area contributed by atoms with Crippen molar-refractivity contribution in [2.45, 2.75) is 24.6 Å². The van der Waals surface area contributed by atoms with Crippen molar-refractivity contribution >= 4 is 22.7 Å². The van der Waals surface area contributed by atoms with Crippen molar-refractivity contribution in [1.29, 1.82) is 0 Å². The number of hydrogen-bond acceptors (Lipinski definition) is 5. The highest BCUT2D eigenvalue weighted by atomic mass is 32.2. The van der Waals surface area contributed by atoms with E-state index in [-0.39, 0.29) is 22.4 Å². The molecule has 0 saturated heterocycles. The third-order valence-electron chi connectivity index (χ3n) is 5.36. The van der Waals surface area contributed by atoms with E-state index in [1.165, 1.54) is 23.7 Å². The number of halogens is 2. The first-order valence-electron chi connectivity index (χ1n) is 9.74. The van der Waals surface area contributed by atoms with E-state index in [1.807, 2.05) is 24.3 Å². The van der Waals surface area contributed by atoms with Gasteiger partial charge in [-0.05, 0) is 42.6 Å². The molecule has 1 amide bonds. The molecule has 0 unspecified atom stereocenters. The summed E-state index contributed by atoms with van der Waals surface area (Å²) >= 11 is 1.23.